The van der Waals surface area contributed by atoms with E-state index in [0.717, 1.165) is 16.8 Å². The Kier molecular flexibility index (Phi) is 7.11. The smallest absolute Gasteiger partial charge is 0.246 e. The van der Waals surface area contributed by atoms with Crippen molar-refractivity contribution in [2.45, 2.75) is 13.8 Å². The lowest BCUT2D eigenvalue weighted by Crippen LogP contribution is -2.40. The number of carbonyl (C=O) groups is 2. The van der Waals surface area contributed by atoms with Gasteiger partial charge >= 0.3 is 0 Å². The first-order valence-corrected chi connectivity index (χ1v) is 5.75. The molecule has 2 amide bonds. The maximum absolute atomic E-state index is 11.9. The van der Waals surface area contributed by atoms with Gasteiger partial charge < -0.3 is 16.0 Å². The molecule has 0 atom stereocenters. The second-order valence-corrected chi connectivity index (χ2v) is 4.28. The molecule has 0 saturated carbocycles. The first kappa shape index (κ1) is 17.4. The van der Waals surface area contributed by atoms with E-state index in [4.69, 9.17) is 5.73 Å². The Morgan fingerprint density at radius 2 is 1.74 bits per heavy atom. The van der Waals surface area contributed by atoms with E-state index in [-0.39, 0.29) is 37.3 Å². The fourth-order valence-electron chi connectivity index (χ4n) is 1.65. The topological polar surface area (TPSA) is 75.4 Å². The molecule has 0 heterocycles. The van der Waals surface area contributed by atoms with E-state index in [0.29, 0.717) is 0 Å². The first-order valence-electron chi connectivity index (χ1n) is 5.75. The van der Waals surface area contributed by atoms with Crippen LogP contribution in [0, 0.1) is 13.8 Å². The molecule has 0 aromatic heterocycles. The summed E-state index contributed by atoms with van der Waals surface area (Å²) in [5.74, 6) is -0.515. The summed E-state index contributed by atoms with van der Waals surface area (Å²) < 4.78 is 0. The highest BCUT2D eigenvalue weighted by Gasteiger charge is 2.12. The number of nitrogens with zero attached hydrogens (tertiary/aromatic N) is 1. The van der Waals surface area contributed by atoms with Crippen LogP contribution in [0.25, 0.3) is 0 Å². The SMILES string of the molecule is Cc1cc(C)cc(N(C)C(=O)CNC(=O)CN)c1.Cl. The van der Waals surface area contributed by atoms with Crippen molar-refractivity contribution in [3.63, 3.8) is 0 Å². The number of rotatable bonds is 4. The van der Waals surface area contributed by atoms with Gasteiger partial charge in [-0.2, -0.15) is 0 Å². The Bertz CT molecular complexity index is 443. The quantitative estimate of drug-likeness (QED) is 0.858. The number of carbonyl (C=O) groups excluding carboxylic acids is 2. The zero-order valence-electron chi connectivity index (χ0n) is 11.4. The van der Waals surface area contributed by atoms with Crippen LogP contribution in [0.5, 0.6) is 0 Å². The van der Waals surface area contributed by atoms with E-state index in [1.54, 1.807) is 7.05 Å². The number of nitrogens with one attached hydrogen (secondary N) is 1. The molecular weight excluding hydrogens is 266 g/mol. The molecule has 0 fully saturated rings. The first-order chi connectivity index (χ1) is 8.43. The number of anilines is 1. The van der Waals surface area contributed by atoms with E-state index in [9.17, 15) is 9.59 Å². The molecule has 0 unspecified atom stereocenters. The number of likely N-dealkylation sites (N-methyl/N-ethyl adjacent to an activating group) is 1. The number of hydrogen-bond donors (Lipinski definition) is 2. The van der Waals surface area contributed by atoms with Crippen molar-refractivity contribution in [1.29, 1.82) is 0 Å². The minimum atomic E-state index is -0.336. The van der Waals surface area contributed by atoms with Crippen LogP contribution < -0.4 is 16.0 Å². The summed E-state index contributed by atoms with van der Waals surface area (Å²) in [5.41, 5.74) is 8.15. The lowest BCUT2D eigenvalue weighted by atomic mass is 10.1. The number of hydrogen-bond acceptors (Lipinski definition) is 3. The maximum atomic E-state index is 11.9. The summed E-state index contributed by atoms with van der Waals surface area (Å²) in [6, 6.07) is 5.89. The second kappa shape index (κ2) is 7.76. The zero-order chi connectivity index (χ0) is 13.7. The molecule has 1 aromatic carbocycles. The van der Waals surface area contributed by atoms with Gasteiger partial charge in [0.1, 0.15) is 0 Å². The Balaban J connectivity index is 0.00000324. The van der Waals surface area contributed by atoms with Gasteiger partial charge in [0.05, 0.1) is 13.1 Å². The average Bonchev–Trinajstić information content (AvgIpc) is 2.33. The van der Waals surface area contributed by atoms with Crippen LogP contribution in [0.4, 0.5) is 5.69 Å². The molecule has 0 aliphatic rings. The third-order valence-corrected chi connectivity index (χ3v) is 2.59. The highest BCUT2D eigenvalue weighted by Crippen LogP contribution is 2.17. The van der Waals surface area contributed by atoms with Crippen LogP contribution in [-0.2, 0) is 9.59 Å². The summed E-state index contributed by atoms with van der Waals surface area (Å²) in [5, 5.41) is 2.46. The Morgan fingerprint density at radius 3 is 2.21 bits per heavy atom. The van der Waals surface area contributed by atoms with Crippen molar-refractivity contribution in [2.24, 2.45) is 5.73 Å². The maximum Gasteiger partial charge on any atom is 0.246 e. The number of aryl methyl sites for hydroxylation is 2. The van der Waals surface area contributed by atoms with Crippen LogP contribution in [0.15, 0.2) is 18.2 Å². The lowest BCUT2D eigenvalue weighted by Gasteiger charge is -2.18. The van der Waals surface area contributed by atoms with E-state index in [2.05, 4.69) is 5.32 Å². The fourth-order valence-corrected chi connectivity index (χ4v) is 1.65. The Morgan fingerprint density at radius 1 is 1.21 bits per heavy atom. The standard InChI is InChI=1S/C13H19N3O2.ClH/c1-9-4-10(2)6-11(5-9)16(3)13(18)8-15-12(17)7-14;/h4-6H,7-8,14H2,1-3H3,(H,15,17);1H. The summed E-state index contributed by atoms with van der Waals surface area (Å²) >= 11 is 0. The van der Waals surface area contributed by atoms with Crippen LogP contribution in [0.2, 0.25) is 0 Å². The molecule has 0 spiro atoms. The van der Waals surface area contributed by atoms with Gasteiger partial charge in [0.25, 0.3) is 0 Å². The van der Waals surface area contributed by atoms with Crippen LogP contribution in [-0.4, -0.2) is 32.0 Å². The molecule has 106 valence electrons. The summed E-state index contributed by atoms with van der Waals surface area (Å²) in [6.07, 6.45) is 0. The van der Waals surface area contributed by atoms with Crippen molar-refractivity contribution in [2.75, 3.05) is 25.0 Å². The van der Waals surface area contributed by atoms with Crippen molar-refractivity contribution in [1.82, 2.24) is 5.32 Å². The predicted octanol–water partition coefficient (Wildman–Crippen LogP) is 0.763. The van der Waals surface area contributed by atoms with Crippen LogP contribution in [0.3, 0.4) is 0 Å². The Hall–Kier alpha value is -1.59. The van der Waals surface area contributed by atoms with Gasteiger partial charge in [-0.25, -0.2) is 0 Å². The Labute approximate surface area is 119 Å². The van der Waals surface area contributed by atoms with Gasteiger partial charge in [-0.05, 0) is 37.1 Å². The number of benzene rings is 1. The molecular formula is C13H20ClN3O2. The zero-order valence-corrected chi connectivity index (χ0v) is 12.2. The average molecular weight is 286 g/mol. The molecule has 6 heteroatoms. The minimum absolute atomic E-state index is 0. The number of halogens is 1. The van der Waals surface area contributed by atoms with Crippen molar-refractivity contribution in [3.8, 4) is 0 Å². The van der Waals surface area contributed by atoms with Gasteiger partial charge in [0, 0.05) is 12.7 Å². The molecule has 3 N–H and O–H groups in total. The summed E-state index contributed by atoms with van der Waals surface area (Å²) in [7, 11) is 1.69. The largest absolute Gasteiger partial charge is 0.346 e. The van der Waals surface area contributed by atoms with E-state index in [1.807, 2.05) is 32.0 Å². The minimum Gasteiger partial charge on any atom is -0.346 e. The van der Waals surface area contributed by atoms with Gasteiger partial charge in [0.15, 0.2) is 0 Å². The highest BCUT2D eigenvalue weighted by molar-refractivity contribution is 5.96. The highest BCUT2D eigenvalue weighted by atomic mass is 35.5. The van der Waals surface area contributed by atoms with Gasteiger partial charge in [-0.3, -0.25) is 9.59 Å². The van der Waals surface area contributed by atoms with Crippen molar-refractivity contribution >= 4 is 29.9 Å². The fraction of sp³-hybridized carbons (Fsp3) is 0.385. The van der Waals surface area contributed by atoms with E-state index >= 15 is 0 Å². The molecule has 0 saturated heterocycles. The molecule has 1 rings (SSSR count). The summed E-state index contributed by atoms with van der Waals surface area (Å²) in [6.45, 7) is 3.80. The molecule has 5 nitrogen and oxygen atoms in total. The molecule has 19 heavy (non-hydrogen) atoms. The molecule has 0 bridgehead atoms. The summed E-state index contributed by atoms with van der Waals surface area (Å²) in [4.78, 5) is 24.4. The van der Waals surface area contributed by atoms with Crippen LogP contribution in [0.1, 0.15) is 11.1 Å². The van der Waals surface area contributed by atoms with Crippen molar-refractivity contribution < 1.29 is 9.59 Å². The lowest BCUT2D eigenvalue weighted by molar-refractivity contribution is -0.124. The number of amides is 2. The molecule has 0 aliphatic carbocycles. The third kappa shape index (κ3) is 5.28. The number of nitrogens with two attached hydrogens (primary N) is 1. The second-order valence-electron chi connectivity index (χ2n) is 4.28. The normalized spacial score (nSPS) is 9.47. The van der Waals surface area contributed by atoms with Gasteiger partial charge in [-0.1, -0.05) is 6.07 Å². The van der Waals surface area contributed by atoms with Crippen LogP contribution >= 0.6 is 12.4 Å². The monoisotopic (exact) mass is 285 g/mol. The third-order valence-electron chi connectivity index (χ3n) is 2.59. The van der Waals surface area contributed by atoms with Gasteiger partial charge in [-0.15, -0.1) is 12.4 Å². The molecule has 0 aliphatic heterocycles. The molecule has 1 aromatic rings. The van der Waals surface area contributed by atoms with Gasteiger partial charge in [0.2, 0.25) is 11.8 Å². The molecule has 0 radical (unpaired) electrons. The van der Waals surface area contributed by atoms with Crippen molar-refractivity contribution in [3.05, 3.63) is 29.3 Å². The van der Waals surface area contributed by atoms with E-state index < -0.39 is 0 Å². The van der Waals surface area contributed by atoms with E-state index in [1.165, 1.54) is 4.90 Å². The predicted molar refractivity (Wildman–Crippen MR) is 78.6 cm³/mol.